The van der Waals surface area contributed by atoms with Crippen molar-refractivity contribution in [1.82, 2.24) is 4.98 Å². The fourth-order valence-corrected chi connectivity index (χ4v) is 4.69. The van der Waals surface area contributed by atoms with Gasteiger partial charge in [0.05, 0.1) is 18.0 Å². The van der Waals surface area contributed by atoms with Gasteiger partial charge >= 0.3 is 0 Å². The maximum absolute atomic E-state index is 12.8. The molecule has 0 spiro atoms. The van der Waals surface area contributed by atoms with Gasteiger partial charge in [0.15, 0.2) is 0 Å². The van der Waals surface area contributed by atoms with E-state index in [2.05, 4.69) is 17.1 Å². The number of hydrogen-bond donors (Lipinski definition) is 1. The average Bonchev–Trinajstić information content (AvgIpc) is 3.26. The summed E-state index contributed by atoms with van der Waals surface area (Å²) in [5.74, 6) is 1.37. The molecule has 1 aromatic heterocycles. The quantitative estimate of drug-likeness (QED) is 0.623. The molecule has 0 radical (unpaired) electrons. The molecule has 2 bridgehead atoms. The van der Waals surface area contributed by atoms with Crippen LogP contribution in [0.3, 0.4) is 0 Å². The standard InChI is InChI=1S/C16H14N2O3/c19-7-1-4-12(17-6-7)18-15(20)13-8-2-3-9(11-5-10(8)11)14(13)16(18)21/h1-4,6,8-11,13-14,19H,5H2/t8-,9?,10?,11-,13?,14?/m1/s1. The molecule has 1 aliphatic heterocycles. The zero-order valence-corrected chi connectivity index (χ0v) is 11.2. The molecule has 1 aromatic rings. The summed E-state index contributed by atoms with van der Waals surface area (Å²) in [4.78, 5) is 30.8. The highest BCUT2D eigenvalue weighted by Crippen LogP contribution is 2.65. The van der Waals surface area contributed by atoms with Gasteiger partial charge in [-0.2, -0.15) is 0 Å². The molecule has 1 saturated heterocycles. The van der Waals surface area contributed by atoms with Crippen LogP contribution in [-0.4, -0.2) is 21.9 Å². The van der Waals surface area contributed by atoms with Gasteiger partial charge in [-0.05, 0) is 42.2 Å². The second-order valence-corrected chi connectivity index (χ2v) is 6.54. The number of carbonyl (C=O) groups excluding carboxylic acids is 2. The monoisotopic (exact) mass is 282 g/mol. The van der Waals surface area contributed by atoms with Crippen LogP contribution < -0.4 is 4.90 Å². The first-order valence-electron chi connectivity index (χ1n) is 7.38. The molecule has 106 valence electrons. The van der Waals surface area contributed by atoms with Crippen molar-refractivity contribution in [3.05, 3.63) is 30.5 Å². The van der Waals surface area contributed by atoms with E-state index < -0.39 is 0 Å². The van der Waals surface area contributed by atoms with Gasteiger partial charge < -0.3 is 5.11 Å². The van der Waals surface area contributed by atoms with Crippen molar-refractivity contribution in [2.24, 2.45) is 35.5 Å². The molecule has 5 heteroatoms. The third-order valence-electron chi connectivity index (χ3n) is 5.62. The van der Waals surface area contributed by atoms with Crippen molar-refractivity contribution in [3.8, 4) is 5.75 Å². The third-order valence-corrected chi connectivity index (χ3v) is 5.62. The highest BCUT2D eigenvalue weighted by molar-refractivity contribution is 6.22. The number of allylic oxidation sites excluding steroid dienone is 2. The first-order chi connectivity index (χ1) is 10.2. The van der Waals surface area contributed by atoms with E-state index in [-0.39, 0.29) is 41.2 Å². The Hall–Kier alpha value is -2.17. The van der Waals surface area contributed by atoms with Gasteiger partial charge in [0.25, 0.3) is 0 Å². The molecule has 2 heterocycles. The second kappa shape index (κ2) is 3.53. The Labute approximate surface area is 121 Å². The molecule has 2 saturated carbocycles. The van der Waals surface area contributed by atoms with Crippen molar-refractivity contribution in [1.29, 1.82) is 0 Å². The molecule has 1 N–H and O–H groups in total. The fraction of sp³-hybridized carbons (Fsp3) is 0.438. The molecule has 0 aromatic carbocycles. The molecule has 5 aliphatic rings. The fourth-order valence-electron chi connectivity index (χ4n) is 4.69. The third kappa shape index (κ3) is 1.29. The number of anilines is 1. The van der Waals surface area contributed by atoms with E-state index in [4.69, 9.17) is 0 Å². The first-order valence-corrected chi connectivity index (χ1v) is 7.38. The predicted molar refractivity (Wildman–Crippen MR) is 73.1 cm³/mol. The van der Waals surface area contributed by atoms with Crippen molar-refractivity contribution < 1.29 is 14.7 Å². The predicted octanol–water partition coefficient (Wildman–Crippen LogP) is 1.34. The van der Waals surface area contributed by atoms with E-state index in [1.54, 1.807) is 0 Å². The van der Waals surface area contributed by atoms with Gasteiger partial charge in [0.2, 0.25) is 11.8 Å². The van der Waals surface area contributed by atoms with Gasteiger partial charge in [-0.3, -0.25) is 9.59 Å². The Morgan fingerprint density at radius 1 is 1.05 bits per heavy atom. The van der Waals surface area contributed by atoms with Crippen LogP contribution in [0.15, 0.2) is 30.5 Å². The highest BCUT2D eigenvalue weighted by Gasteiger charge is 2.67. The summed E-state index contributed by atoms with van der Waals surface area (Å²) < 4.78 is 0. The highest BCUT2D eigenvalue weighted by atomic mass is 16.3. The number of amides is 2. The van der Waals surface area contributed by atoms with Gasteiger partial charge in [-0.15, -0.1) is 0 Å². The number of imide groups is 1. The largest absolute Gasteiger partial charge is 0.506 e. The topological polar surface area (TPSA) is 70.5 Å². The summed E-state index contributed by atoms with van der Waals surface area (Å²) in [7, 11) is 0. The minimum absolute atomic E-state index is 0.0261. The van der Waals surface area contributed by atoms with Crippen LogP contribution in [0.2, 0.25) is 0 Å². The minimum atomic E-state index is -0.202. The van der Waals surface area contributed by atoms with Gasteiger partial charge in [-0.25, -0.2) is 9.88 Å². The van der Waals surface area contributed by atoms with Crippen LogP contribution in [0.4, 0.5) is 5.82 Å². The minimum Gasteiger partial charge on any atom is -0.506 e. The smallest absolute Gasteiger partial charge is 0.239 e. The Kier molecular flexibility index (Phi) is 1.93. The SMILES string of the molecule is O=C1C2C(C(=O)N1c1ccc(O)cn1)[C@@H]1C=CC2[C@H]2CC12. The molecule has 4 aliphatic carbocycles. The van der Waals surface area contributed by atoms with Crippen LogP contribution in [-0.2, 0) is 9.59 Å². The van der Waals surface area contributed by atoms with Crippen LogP contribution >= 0.6 is 0 Å². The molecule has 2 amide bonds. The average molecular weight is 282 g/mol. The van der Waals surface area contributed by atoms with Gasteiger partial charge in [-0.1, -0.05) is 12.2 Å². The lowest BCUT2D eigenvalue weighted by molar-refractivity contribution is -0.124. The van der Waals surface area contributed by atoms with Crippen molar-refractivity contribution >= 4 is 17.6 Å². The Balaban J connectivity index is 1.58. The maximum Gasteiger partial charge on any atom is 0.239 e. The van der Waals surface area contributed by atoms with E-state index in [1.165, 1.54) is 23.2 Å². The Bertz CT molecular complexity index is 660. The van der Waals surface area contributed by atoms with E-state index in [0.717, 1.165) is 6.42 Å². The lowest BCUT2D eigenvalue weighted by atomic mass is 9.63. The molecule has 21 heavy (non-hydrogen) atoms. The molecular weight excluding hydrogens is 268 g/mol. The molecule has 3 fully saturated rings. The van der Waals surface area contributed by atoms with E-state index >= 15 is 0 Å². The maximum atomic E-state index is 12.8. The number of nitrogens with zero attached hydrogens (tertiary/aromatic N) is 2. The van der Waals surface area contributed by atoms with Crippen LogP contribution in [0.25, 0.3) is 0 Å². The number of pyridine rings is 1. The van der Waals surface area contributed by atoms with Gasteiger partial charge in [0.1, 0.15) is 11.6 Å². The van der Waals surface area contributed by atoms with Crippen LogP contribution in [0, 0.1) is 35.5 Å². The zero-order valence-electron chi connectivity index (χ0n) is 11.2. The van der Waals surface area contributed by atoms with Crippen molar-refractivity contribution in [2.45, 2.75) is 6.42 Å². The molecular formula is C16H14N2O3. The number of rotatable bonds is 1. The summed E-state index contributed by atoms with van der Waals surface area (Å²) in [6.45, 7) is 0. The lowest BCUT2D eigenvalue weighted by Gasteiger charge is -2.37. The normalized spacial score (nSPS) is 42.2. The zero-order chi connectivity index (χ0) is 14.3. The van der Waals surface area contributed by atoms with E-state index in [0.29, 0.717) is 17.7 Å². The summed E-state index contributed by atoms with van der Waals surface area (Å²) in [6.07, 6.45) is 6.73. The van der Waals surface area contributed by atoms with Crippen LogP contribution in [0.1, 0.15) is 6.42 Å². The lowest BCUT2D eigenvalue weighted by Crippen LogP contribution is -2.40. The Morgan fingerprint density at radius 3 is 2.19 bits per heavy atom. The summed E-state index contributed by atoms with van der Waals surface area (Å²) >= 11 is 0. The molecule has 6 rings (SSSR count). The number of carbonyl (C=O) groups is 2. The number of aromatic hydroxyl groups is 1. The molecule has 5 nitrogen and oxygen atoms in total. The second-order valence-electron chi connectivity index (χ2n) is 6.54. The number of aromatic nitrogens is 1. The van der Waals surface area contributed by atoms with Crippen molar-refractivity contribution in [2.75, 3.05) is 4.90 Å². The summed E-state index contributed by atoms with van der Waals surface area (Å²) in [5.41, 5.74) is 0. The van der Waals surface area contributed by atoms with E-state index in [9.17, 15) is 14.7 Å². The first kappa shape index (κ1) is 11.5. The molecule has 4 unspecified atom stereocenters. The van der Waals surface area contributed by atoms with Crippen molar-refractivity contribution in [3.63, 3.8) is 0 Å². The van der Waals surface area contributed by atoms with Gasteiger partial charge in [0, 0.05) is 0 Å². The Morgan fingerprint density at radius 2 is 1.67 bits per heavy atom. The van der Waals surface area contributed by atoms with E-state index in [1.807, 2.05) is 0 Å². The summed E-state index contributed by atoms with van der Waals surface area (Å²) in [6, 6.07) is 2.98. The number of hydrogen-bond acceptors (Lipinski definition) is 4. The van der Waals surface area contributed by atoms with Crippen LogP contribution in [0.5, 0.6) is 5.75 Å². The summed E-state index contributed by atoms with van der Waals surface area (Å²) in [5, 5.41) is 9.31. The molecule has 6 atom stereocenters.